The van der Waals surface area contributed by atoms with Crippen molar-refractivity contribution in [2.45, 2.75) is 13.5 Å². The van der Waals surface area contributed by atoms with Gasteiger partial charge in [-0.3, -0.25) is 4.79 Å². The highest BCUT2D eigenvalue weighted by Gasteiger charge is 2.23. The lowest BCUT2D eigenvalue weighted by Crippen LogP contribution is -2.47. The Morgan fingerprint density at radius 1 is 1.03 bits per heavy atom. The third-order valence-corrected chi connectivity index (χ3v) is 5.53. The fourth-order valence-electron chi connectivity index (χ4n) is 3.66. The third kappa shape index (κ3) is 5.06. The number of anilines is 1. The maximum absolute atomic E-state index is 13.1. The van der Waals surface area contributed by atoms with Gasteiger partial charge in [-0.05, 0) is 24.2 Å². The molecular weight excluding hydrogens is 393 g/mol. The van der Waals surface area contributed by atoms with E-state index in [0.29, 0.717) is 23.8 Å². The van der Waals surface area contributed by atoms with Crippen molar-refractivity contribution in [1.29, 1.82) is 0 Å². The number of amides is 1. The molecule has 0 bridgehead atoms. The fourth-order valence-corrected chi connectivity index (χ4v) is 3.66. The number of halogens is 1. The van der Waals surface area contributed by atoms with Gasteiger partial charge in [0.05, 0.1) is 0 Å². The standard InChI is InChI=1S/C24H26FN5O/c1-2-29-12-14-30(15-13-29)23-21(17-26-22(28-23)19-6-4-3-5-7-19)24(31)27-16-18-8-10-20(25)11-9-18/h3-11,17H,2,12-16H2,1H3,(H,27,31). The minimum atomic E-state index is -0.298. The number of benzene rings is 2. The Labute approximate surface area is 181 Å². The normalized spacial score (nSPS) is 14.5. The van der Waals surface area contributed by atoms with Crippen molar-refractivity contribution in [1.82, 2.24) is 20.2 Å². The van der Waals surface area contributed by atoms with Crippen molar-refractivity contribution in [2.24, 2.45) is 0 Å². The van der Waals surface area contributed by atoms with Crippen molar-refractivity contribution in [2.75, 3.05) is 37.6 Å². The second kappa shape index (κ2) is 9.66. The van der Waals surface area contributed by atoms with Crippen LogP contribution < -0.4 is 10.2 Å². The second-order valence-corrected chi connectivity index (χ2v) is 7.53. The molecule has 0 aliphatic carbocycles. The largest absolute Gasteiger partial charge is 0.353 e. The fraction of sp³-hybridized carbons (Fsp3) is 0.292. The van der Waals surface area contributed by atoms with E-state index < -0.39 is 0 Å². The number of aromatic nitrogens is 2. The van der Waals surface area contributed by atoms with Crippen LogP contribution in [0.25, 0.3) is 11.4 Å². The van der Waals surface area contributed by atoms with Crippen molar-refractivity contribution in [3.05, 3.63) is 77.7 Å². The van der Waals surface area contributed by atoms with Crippen molar-refractivity contribution in [3.8, 4) is 11.4 Å². The summed E-state index contributed by atoms with van der Waals surface area (Å²) in [6.45, 7) is 6.94. The van der Waals surface area contributed by atoms with Gasteiger partial charge in [0.25, 0.3) is 5.91 Å². The average molecular weight is 420 g/mol. The number of nitrogens with zero attached hydrogens (tertiary/aromatic N) is 4. The molecule has 0 unspecified atom stereocenters. The molecule has 2 heterocycles. The Balaban J connectivity index is 1.59. The zero-order valence-corrected chi connectivity index (χ0v) is 17.6. The maximum atomic E-state index is 13.1. The number of nitrogens with one attached hydrogen (secondary N) is 1. The monoisotopic (exact) mass is 419 g/mol. The molecule has 31 heavy (non-hydrogen) atoms. The highest BCUT2D eigenvalue weighted by molar-refractivity contribution is 5.98. The molecule has 1 aliphatic heterocycles. The molecule has 6 nitrogen and oxygen atoms in total. The van der Waals surface area contributed by atoms with E-state index in [-0.39, 0.29) is 11.7 Å². The molecule has 2 aromatic carbocycles. The molecule has 1 aromatic heterocycles. The van der Waals surface area contributed by atoms with Crippen LogP contribution in [0.3, 0.4) is 0 Å². The highest BCUT2D eigenvalue weighted by atomic mass is 19.1. The molecule has 0 atom stereocenters. The van der Waals surface area contributed by atoms with Crippen LogP contribution in [0.5, 0.6) is 0 Å². The number of hydrogen-bond donors (Lipinski definition) is 1. The topological polar surface area (TPSA) is 61.4 Å². The van der Waals surface area contributed by atoms with Gasteiger partial charge in [-0.1, -0.05) is 49.4 Å². The predicted molar refractivity (Wildman–Crippen MR) is 119 cm³/mol. The Kier molecular flexibility index (Phi) is 6.52. The summed E-state index contributed by atoms with van der Waals surface area (Å²) in [6.07, 6.45) is 1.61. The first kappa shape index (κ1) is 20.9. The molecule has 160 valence electrons. The van der Waals surface area contributed by atoms with Gasteiger partial charge < -0.3 is 15.1 Å². The molecule has 1 aliphatic rings. The third-order valence-electron chi connectivity index (χ3n) is 5.53. The van der Waals surface area contributed by atoms with Gasteiger partial charge in [-0.2, -0.15) is 0 Å². The van der Waals surface area contributed by atoms with Gasteiger partial charge in [-0.25, -0.2) is 14.4 Å². The molecule has 0 spiro atoms. The minimum Gasteiger partial charge on any atom is -0.353 e. The zero-order valence-electron chi connectivity index (χ0n) is 17.6. The molecule has 0 saturated carbocycles. The molecular formula is C24H26FN5O. The Morgan fingerprint density at radius 2 is 1.74 bits per heavy atom. The van der Waals surface area contributed by atoms with Crippen molar-refractivity contribution >= 4 is 11.7 Å². The average Bonchev–Trinajstić information content (AvgIpc) is 2.84. The van der Waals surface area contributed by atoms with Gasteiger partial charge in [0.2, 0.25) is 0 Å². The van der Waals surface area contributed by atoms with E-state index in [2.05, 4.69) is 27.0 Å². The lowest BCUT2D eigenvalue weighted by atomic mass is 10.1. The van der Waals surface area contributed by atoms with Crippen molar-refractivity contribution in [3.63, 3.8) is 0 Å². The molecule has 3 aromatic rings. The number of piperazine rings is 1. The van der Waals surface area contributed by atoms with E-state index >= 15 is 0 Å². The Bertz CT molecular complexity index is 1020. The van der Waals surface area contributed by atoms with Crippen LogP contribution in [-0.2, 0) is 6.54 Å². The molecule has 7 heteroatoms. The van der Waals surface area contributed by atoms with Gasteiger partial charge in [-0.15, -0.1) is 0 Å². The summed E-state index contributed by atoms with van der Waals surface area (Å²) < 4.78 is 13.1. The summed E-state index contributed by atoms with van der Waals surface area (Å²) in [6, 6.07) is 15.9. The molecule has 0 radical (unpaired) electrons. The number of carbonyl (C=O) groups excluding carboxylic acids is 1. The predicted octanol–water partition coefficient (Wildman–Crippen LogP) is 3.35. The van der Waals surface area contributed by atoms with Gasteiger partial charge in [0, 0.05) is 44.5 Å². The molecule has 4 rings (SSSR count). The zero-order chi connectivity index (χ0) is 21.6. The Hall–Kier alpha value is -3.32. The van der Waals surface area contributed by atoms with E-state index in [1.54, 1.807) is 18.3 Å². The maximum Gasteiger partial charge on any atom is 0.256 e. The minimum absolute atomic E-state index is 0.239. The van der Waals surface area contributed by atoms with Gasteiger partial charge >= 0.3 is 0 Å². The molecule has 1 fully saturated rings. The molecule has 1 N–H and O–H groups in total. The van der Waals surface area contributed by atoms with Crippen LogP contribution in [0.2, 0.25) is 0 Å². The number of rotatable bonds is 6. The number of carbonyl (C=O) groups is 1. The lowest BCUT2D eigenvalue weighted by Gasteiger charge is -2.35. The lowest BCUT2D eigenvalue weighted by molar-refractivity contribution is 0.0950. The first-order chi connectivity index (χ1) is 15.1. The Morgan fingerprint density at radius 3 is 2.42 bits per heavy atom. The second-order valence-electron chi connectivity index (χ2n) is 7.53. The smallest absolute Gasteiger partial charge is 0.256 e. The van der Waals surface area contributed by atoms with E-state index in [4.69, 9.17) is 4.98 Å². The van der Waals surface area contributed by atoms with E-state index in [1.807, 2.05) is 30.3 Å². The quantitative estimate of drug-likeness (QED) is 0.664. The number of hydrogen-bond acceptors (Lipinski definition) is 5. The summed E-state index contributed by atoms with van der Waals surface area (Å²) in [4.78, 5) is 26.8. The van der Waals surface area contributed by atoms with E-state index in [0.717, 1.165) is 43.9 Å². The number of likely N-dealkylation sites (N-methyl/N-ethyl adjacent to an activating group) is 1. The summed E-state index contributed by atoms with van der Waals surface area (Å²) in [5, 5.41) is 2.91. The van der Waals surface area contributed by atoms with Crippen molar-refractivity contribution < 1.29 is 9.18 Å². The van der Waals surface area contributed by atoms with Crippen LogP contribution in [0.1, 0.15) is 22.8 Å². The molecule has 1 amide bonds. The van der Waals surface area contributed by atoms with Crippen LogP contribution in [0.4, 0.5) is 10.2 Å². The summed E-state index contributed by atoms with van der Waals surface area (Å²) in [7, 11) is 0. The first-order valence-corrected chi connectivity index (χ1v) is 10.6. The summed E-state index contributed by atoms with van der Waals surface area (Å²) in [5.74, 6) is 0.718. The van der Waals surface area contributed by atoms with E-state index in [1.165, 1.54) is 12.1 Å². The highest BCUT2D eigenvalue weighted by Crippen LogP contribution is 2.23. The first-order valence-electron chi connectivity index (χ1n) is 10.6. The van der Waals surface area contributed by atoms with E-state index in [9.17, 15) is 9.18 Å². The van der Waals surface area contributed by atoms with Crippen LogP contribution in [0.15, 0.2) is 60.8 Å². The summed E-state index contributed by atoms with van der Waals surface area (Å²) in [5.41, 5.74) is 2.19. The van der Waals surface area contributed by atoms with Gasteiger partial charge in [0.1, 0.15) is 17.2 Å². The molecule has 1 saturated heterocycles. The summed E-state index contributed by atoms with van der Waals surface area (Å²) >= 11 is 0. The van der Waals surface area contributed by atoms with Crippen LogP contribution >= 0.6 is 0 Å². The van der Waals surface area contributed by atoms with Crippen LogP contribution in [-0.4, -0.2) is 53.5 Å². The van der Waals surface area contributed by atoms with Crippen LogP contribution in [0, 0.1) is 5.82 Å². The SMILES string of the molecule is CCN1CCN(c2nc(-c3ccccc3)ncc2C(=O)NCc2ccc(F)cc2)CC1. The van der Waals surface area contributed by atoms with Gasteiger partial charge in [0.15, 0.2) is 5.82 Å².